The highest BCUT2D eigenvalue weighted by atomic mass is 35.5. The molecule has 6 nitrogen and oxygen atoms in total. The van der Waals surface area contributed by atoms with Crippen molar-refractivity contribution in [1.82, 2.24) is 16.2 Å². The first-order valence-corrected chi connectivity index (χ1v) is 9.82. The molecule has 10 heteroatoms. The van der Waals surface area contributed by atoms with Crippen molar-refractivity contribution in [2.75, 3.05) is 0 Å². The smallest absolute Gasteiger partial charge is 0.305 e. The Hall–Kier alpha value is -2.81. The molecule has 1 heterocycles. The highest BCUT2D eigenvalue weighted by Gasteiger charge is 2.12. The summed E-state index contributed by atoms with van der Waals surface area (Å²) in [5, 5.41) is 3.98. The summed E-state index contributed by atoms with van der Waals surface area (Å²) in [7, 11) is 0. The molecule has 0 radical (unpaired) electrons. The van der Waals surface area contributed by atoms with Crippen LogP contribution in [0.5, 0.6) is 5.75 Å². The van der Waals surface area contributed by atoms with Gasteiger partial charge in [-0.15, -0.1) is 0 Å². The van der Waals surface area contributed by atoms with Gasteiger partial charge in [0.15, 0.2) is 10.9 Å². The van der Waals surface area contributed by atoms with E-state index in [1.165, 1.54) is 18.2 Å². The van der Waals surface area contributed by atoms with Crippen LogP contribution in [0.2, 0.25) is 10.0 Å². The minimum atomic E-state index is -0.520. The number of carbonyl (C=O) groups is 1. The molecule has 2 aromatic carbocycles. The van der Waals surface area contributed by atoms with Gasteiger partial charge in [0.05, 0.1) is 5.02 Å². The molecule has 0 aliphatic carbocycles. The molecule has 0 fully saturated rings. The summed E-state index contributed by atoms with van der Waals surface area (Å²) >= 11 is 17.0. The molecule has 156 valence electrons. The average Bonchev–Trinajstić information content (AvgIpc) is 3.21. The van der Waals surface area contributed by atoms with Crippen molar-refractivity contribution in [1.29, 1.82) is 0 Å². The Kier molecular flexibility index (Phi) is 7.51. The molecule has 0 bridgehead atoms. The maximum atomic E-state index is 12.9. The number of furan rings is 1. The van der Waals surface area contributed by atoms with Crippen molar-refractivity contribution in [2.45, 2.75) is 13.2 Å². The van der Waals surface area contributed by atoms with E-state index in [1.807, 2.05) is 0 Å². The van der Waals surface area contributed by atoms with Crippen molar-refractivity contribution in [3.05, 3.63) is 87.5 Å². The van der Waals surface area contributed by atoms with Gasteiger partial charge in [-0.2, -0.15) is 0 Å². The lowest BCUT2D eigenvalue weighted by Crippen LogP contribution is -2.46. The fraction of sp³-hybridized carbons (Fsp3) is 0.100. The van der Waals surface area contributed by atoms with E-state index in [9.17, 15) is 9.18 Å². The third kappa shape index (κ3) is 6.35. The van der Waals surface area contributed by atoms with Crippen molar-refractivity contribution in [2.24, 2.45) is 0 Å². The van der Waals surface area contributed by atoms with Crippen LogP contribution in [0.25, 0.3) is 0 Å². The summed E-state index contributed by atoms with van der Waals surface area (Å²) in [6.07, 6.45) is 0. The summed E-state index contributed by atoms with van der Waals surface area (Å²) in [4.78, 5) is 12.2. The number of rotatable bonds is 6. The molecule has 1 amide bonds. The molecule has 0 aliphatic heterocycles. The van der Waals surface area contributed by atoms with E-state index in [1.54, 1.807) is 36.4 Å². The van der Waals surface area contributed by atoms with Gasteiger partial charge in [0.2, 0.25) is 0 Å². The van der Waals surface area contributed by atoms with Gasteiger partial charge in [-0.3, -0.25) is 15.6 Å². The quantitative estimate of drug-likeness (QED) is 0.362. The van der Waals surface area contributed by atoms with E-state index in [4.69, 9.17) is 44.6 Å². The first-order valence-electron chi connectivity index (χ1n) is 8.66. The van der Waals surface area contributed by atoms with E-state index in [-0.39, 0.29) is 23.3 Å². The van der Waals surface area contributed by atoms with Crippen molar-refractivity contribution < 1.29 is 18.3 Å². The lowest BCUT2D eigenvalue weighted by atomic mass is 10.2. The Bertz CT molecular complexity index is 1040. The summed E-state index contributed by atoms with van der Waals surface area (Å²) in [6, 6.07) is 13.9. The van der Waals surface area contributed by atoms with Gasteiger partial charge in [-0.25, -0.2) is 4.39 Å². The maximum absolute atomic E-state index is 12.9. The van der Waals surface area contributed by atoms with Crippen molar-refractivity contribution >= 4 is 46.4 Å². The number of hydrazine groups is 1. The van der Waals surface area contributed by atoms with Gasteiger partial charge in [0.25, 0.3) is 0 Å². The van der Waals surface area contributed by atoms with Crippen LogP contribution in [0.15, 0.2) is 59.0 Å². The van der Waals surface area contributed by atoms with Crippen LogP contribution in [0.4, 0.5) is 4.39 Å². The number of thiocarbonyl (C=S) groups is 1. The predicted molar refractivity (Wildman–Crippen MR) is 116 cm³/mol. The Balaban J connectivity index is 1.44. The molecule has 0 atom stereocenters. The van der Waals surface area contributed by atoms with Crippen molar-refractivity contribution in [3.8, 4) is 5.75 Å². The number of hydrogen-bond donors (Lipinski definition) is 3. The minimum Gasteiger partial charge on any atom is -0.484 e. The van der Waals surface area contributed by atoms with Crippen LogP contribution < -0.4 is 20.9 Å². The van der Waals surface area contributed by atoms with Crippen LogP contribution in [-0.4, -0.2) is 11.0 Å². The molecule has 0 saturated heterocycles. The molecule has 3 N–H and O–H groups in total. The molecule has 0 unspecified atom stereocenters. The zero-order valence-electron chi connectivity index (χ0n) is 15.4. The van der Waals surface area contributed by atoms with Gasteiger partial charge >= 0.3 is 5.91 Å². The Morgan fingerprint density at radius 3 is 2.60 bits per heavy atom. The van der Waals surface area contributed by atoms with E-state index in [2.05, 4.69) is 16.2 Å². The number of benzene rings is 2. The van der Waals surface area contributed by atoms with E-state index >= 15 is 0 Å². The molecule has 0 aliphatic rings. The van der Waals surface area contributed by atoms with Gasteiger partial charge in [0, 0.05) is 17.6 Å². The topological polar surface area (TPSA) is 75.5 Å². The lowest BCUT2D eigenvalue weighted by Gasteiger charge is -2.11. The second-order valence-electron chi connectivity index (χ2n) is 6.02. The molecular weight excluding hydrogens is 452 g/mol. The molecule has 0 spiro atoms. The highest BCUT2D eigenvalue weighted by Crippen LogP contribution is 2.28. The fourth-order valence-corrected chi connectivity index (χ4v) is 2.78. The standard InChI is InChI=1S/C20H16Cl2FN3O3S/c21-13-3-7-16(22)18(9-13)28-11-15-6-8-17(29-15)19(27)25-26-20(30)24-10-12-1-4-14(23)5-2-12/h1-9H,10-11H2,(H,25,27)(H2,24,26,30). The number of ether oxygens (including phenoxy) is 1. The zero-order chi connectivity index (χ0) is 21.5. The largest absolute Gasteiger partial charge is 0.484 e. The first-order chi connectivity index (χ1) is 14.4. The third-order valence-corrected chi connectivity index (χ3v) is 4.60. The van der Waals surface area contributed by atoms with Gasteiger partial charge in [-0.1, -0.05) is 35.3 Å². The molecule has 3 aromatic rings. The minimum absolute atomic E-state index is 0.0679. The second kappa shape index (κ2) is 10.3. The van der Waals surface area contributed by atoms with Crippen LogP contribution in [0.1, 0.15) is 21.9 Å². The first kappa shape index (κ1) is 21.9. The number of carbonyl (C=O) groups excluding carboxylic acids is 1. The summed E-state index contributed by atoms with van der Waals surface area (Å²) in [6.45, 7) is 0.439. The molecule has 30 heavy (non-hydrogen) atoms. The number of halogens is 3. The monoisotopic (exact) mass is 467 g/mol. The predicted octanol–water partition coefficient (Wildman–Crippen LogP) is 4.61. The van der Waals surface area contributed by atoms with Crippen LogP contribution in [0.3, 0.4) is 0 Å². The summed E-state index contributed by atoms with van der Waals surface area (Å²) in [5.41, 5.74) is 5.82. The number of amides is 1. The SMILES string of the molecule is O=C(NNC(=S)NCc1ccc(F)cc1)c1ccc(COc2cc(Cl)ccc2Cl)o1. The zero-order valence-corrected chi connectivity index (χ0v) is 17.7. The summed E-state index contributed by atoms with van der Waals surface area (Å²) < 4.78 is 23.9. The Morgan fingerprint density at radius 2 is 1.83 bits per heavy atom. The number of hydrogen-bond acceptors (Lipinski definition) is 4. The maximum Gasteiger partial charge on any atom is 0.305 e. The van der Waals surface area contributed by atoms with E-state index < -0.39 is 5.91 Å². The normalized spacial score (nSPS) is 10.4. The van der Waals surface area contributed by atoms with E-state index in [0.717, 1.165) is 5.56 Å². The summed E-state index contributed by atoms with van der Waals surface area (Å²) in [5.74, 6) is 0.0669. The molecular formula is C20H16Cl2FN3O3S. The number of nitrogens with one attached hydrogen (secondary N) is 3. The molecule has 1 aromatic heterocycles. The Labute approximate surface area is 187 Å². The van der Waals surface area contributed by atoms with Crippen molar-refractivity contribution in [3.63, 3.8) is 0 Å². The Morgan fingerprint density at radius 1 is 1.07 bits per heavy atom. The van der Waals surface area contributed by atoms with E-state index in [0.29, 0.717) is 28.1 Å². The molecule has 3 rings (SSSR count). The van der Waals surface area contributed by atoms with Crippen LogP contribution in [-0.2, 0) is 13.2 Å². The lowest BCUT2D eigenvalue weighted by molar-refractivity contribution is 0.0911. The highest BCUT2D eigenvalue weighted by molar-refractivity contribution is 7.80. The van der Waals surface area contributed by atoms with Gasteiger partial charge < -0.3 is 14.5 Å². The fourth-order valence-electron chi connectivity index (χ4n) is 2.32. The average molecular weight is 468 g/mol. The second-order valence-corrected chi connectivity index (χ2v) is 7.27. The third-order valence-electron chi connectivity index (χ3n) is 3.80. The van der Waals surface area contributed by atoms with Gasteiger partial charge in [-0.05, 0) is 54.2 Å². The van der Waals surface area contributed by atoms with Gasteiger partial charge in [0.1, 0.15) is 23.9 Å². The molecule has 0 saturated carbocycles. The van der Waals surface area contributed by atoms with Crippen LogP contribution >= 0.6 is 35.4 Å². The van der Waals surface area contributed by atoms with Crippen LogP contribution in [0, 0.1) is 5.82 Å².